The number of esters is 1. The van der Waals surface area contributed by atoms with Crippen molar-refractivity contribution in [2.24, 2.45) is 0 Å². The van der Waals surface area contributed by atoms with E-state index in [0.29, 0.717) is 6.42 Å². The monoisotopic (exact) mass is 296 g/mol. The molecule has 2 aromatic rings. The first kappa shape index (κ1) is 15.8. The summed E-state index contributed by atoms with van der Waals surface area (Å²) in [6, 6.07) is 17.5. The van der Waals surface area contributed by atoms with E-state index in [1.807, 2.05) is 66.7 Å². The molecule has 0 aliphatic carbocycles. The molecular formula is C19H20O3. The third-order valence-electron chi connectivity index (χ3n) is 3.49. The van der Waals surface area contributed by atoms with E-state index in [1.165, 1.54) is 7.11 Å². The molecule has 0 heterocycles. The Balaban J connectivity index is 2.07. The molecule has 0 saturated carbocycles. The van der Waals surface area contributed by atoms with Crippen molar-refractivity contribution in [1.82, 2.24) is 0 Å². The van der Waals surface area contributed by atoms with Crippen LogP contribution in [0.15, 0.2) is 60.7 Å². The minimum Gasteiger partial charge on any atom is -0.497 e. The molecule has 0 aromatic heterocycles. The lowest BCUT2D eigenvalue weighted by atomic mass is 9.95. The summed E-state index contributed by atoms with van der Waals surface area (Å²) in [6.07, 6.45) is 4.59. The molecule has 0 amide bonds. The van der Waals surface area contributed by atoms with Crippen LogP contribution in [0.2, 0.25) is 0 Å². The second-order valence-corrected chi connectivity index (χ2v) is 4.90. The molecule has 3 heteroatoms. The van der Waals surface area contributed by atoms with Gasteiger partial charge in [0.2, 0.25) is 0 Å². The van der Waals surface area contributed by atoms with Crippen molar-refractivity contribution in [1.29, 1.82) is 0 Å². The van der Waals surface area contributed by atoms with Crippen LogP contribution in [0.25, 0.3) is 6.08 Å². The van der Waals surface area contributed by atoms with Crippen molar-refractivity contribution in [3.05, 3.63) is 71.8 Å². The normalized spacial score (nSPS) is 12.1. The number of ether oxygens (including phenoxy) is 2. The van der Waals surface area contributed by atoms with Crippen molar-refractivity contribution in [2.45, 2.75) is 12.3 Å². The predicted octanol–water partition coefficient (Wildman–Crippen LogP) is 4.06. The summed E-state index contributed by atoms with van der Waals surface area (Å²) in [5.74, 6) is 0.333. The highest BCUT2D eigenvalue weighted by Crippen LogP contribution is 2.22. The molecule has 2 aromatic carbocycles. The SMILES string of the molecule is COC(=O)[C@@H](C/C=C/c1ccc(OC)cc1)c1ccccc1. The van der Waals surface area contributed by atoms with Crippen LogP contribution in [0.1, 0.15) is 23.5 Å². The average molecular weight is 296 g/mol. The molecule has 0 aliphatic heterocycles. The predicted molar refractivity (Wildman–Crippen MR) is 87.8 cm³/mol. The fourth-order valence-corrected chi connectivity index (χ4v) is 2.25. The quantitative estimate of drug-likeness (QED) is 0.754. The number of carbonyl (C=O) groups excluding carboxylic acids is 1. The highest BCUT2D eigenvalue weighted by molar-refractivity contribution is 5.78. The lowest BCUT2D eigenvalue weighted by Crippen LogP contribution is -2.13. The average Bonchev–Trinajstić information content (AvgIpc) is 2.59. The van der Waals surface area contributed by atoms with E-state index in [9.17, 15) is 4.79 Å². The maximum absolute atomic E-state index is 12.0. The number of rotatable bonds is 6. The van der Waals surface area contributed by atoms with Crippen LogP contribution in [-0.4, -0.2) is 20.2 Å². The van der Waals surface area contributed by atoms with E-state index in [4.69, 9.17) is 9.47 Å². The van der Waals surface area contributed by atoms with E-state index in [1.54, 1.807) is 7.11 Å². The molecule has 114 valence electrons. The van der Waals surface area contributed by atoms with Gasteiger partial charge in [0.05, 0.1) is 20.1 Å². The molecule has 2 rings (SSSR count). The molecule has 0 radical (unpaired) electrons. The number of hydrogen-bond acceptors (Lipinski definition) is 3. The zero-order chi connectivity index (χ0) is 15.8. The Kier molecular flexibility index (Phi) is 5.78. The lowest BCUT2D eigenvalue weighted by molar-refractivity contribution is -0.142. The maximum atomic E-state index is 12.0. The summed E-state index contributed by atoms with van der Waals surface area (Å²) < 4.78 is 10.0. The van der Waals surface area contributed by atoms with Gasteiger partial charge in [-0.25, -0.2) is 0 Å². The zero-order valence-corrected chi connectivity index (χ0v) is 12.9. The van der Waals surface area contributed by atoms with Crippen molar-refractivity contribution >= 4 is 12.0 Å². The number of carbonyl (C=O) groups is 1. The largest absolute Gasteiger partial charge is 0.497 e. The van der Waals surface area contributed by atoms with Crippen LogP contribution in [-0.2, 0) is 9.53 Å². The Morgan fingerprint density at radius 3 is 2.32 bits per heavy atom. The van der Waals surface area contributed by atoms with Gasteiger partial charge in [-0.2, -0.15) is 0 Å². The Bertz CT molecular complexity index is 615. The highest BCUT2D eigenvalue weighted by Gasteiger charge is 2.19. The van der Waals surface area contributed by atoms with Gasteiger partial charge in [0.25, 0.3) is 0 Å². The summed E-state index contributed by atoms with van der Waals surface area (Å²) >= 11 is 0. The Labute approximate surface area is 131 Å². The van der Waals surface area contributed by atoms with Crippen molar-refractivity contribution in [3.8, 4) is 5.75 Å². The Hall–Kier alpha value is -2.55. The third-order valence-corrected chi connectivity index (χ3v) is 3.49. The third kappa shape index (κ3) is 4.22. The molecule has 0 bridgehead atoms. The molecule has 0 spiro atoms. The van der Waals surface area contributed by atoms with E-state index < -0.39 is 0 Å². The van der Waals surface area contributed by atoms with E-state index in [0.717, 1.165) is 16.9 Å². The maximum Gasteiger partial charge on any atom is 0.313 e. The van der Waals surface area contributed by atoms with Gasteiger partial charge < -0.3 is 9.47 Å². The van der Waals surface area contributed by atoms with Crippen LogP contribution in [0.5, 0.6) is 5.75 Å². The van der Waals surface area contributed by atoms with E-state index in [-0.39, 0.29) is 11.9 Å². The van der Waals surface area contributed by atoms with Gasteiger partial charge in [-0.3, -0.25) is 4.79 Å². The van der Waals surface area contributed by atoms with Gasteiger partial charge >= 0.3 is 5.97 Å². The number of hydrogen-bond donors (Lipinski definition) is 0. The fourth-order valence-electron chi connectivity index (χ4n) is 2.25. The first-order valence-corrected chi connectivity index (χ1v) is 7.18. The molecule has 0 saturated heterocycles. The first-order valence-electron chi connectivity index (χ1n) is 7.18. The van der Waals surface area contributed by atoms with E-state index in [2.05, 4.69) is 0 Å². The first-order chi connectivity index (χ1) is 10.7. The number of methoxy groups -OCH3 is 2. The molecule has 0 aliphatic rings. The van der Waals surface area contributed by atoms with Crippen molar-refractivity contribution < 1.29 is 14.3 Å². The van der Waals surface area contributed by atoms with Crippen LogP contribution < -0.4 is 4.74 Å². The van der Waals surface area contributed by atoms with Gasteiger partial charge in [-0.1, -0.05) is 54.6 Å². The minimum atomic E-state index is -0.277. The van der Waals surface area contributed by atoms with Gasteiger partial charge in [-0.15, -0.1) is 0 Å². The second kappa shape index (κ2) is 8.03. The topological polar surface area (TPSA) is 35.5 Å². The lowest BCUT2D eigenvalue weighted by Gasteiger charge is -2.12. The zero-order valence-electron chi connectivity index (χ0n) is 12.9. The van der Waals surface area contributed by atoms with Gasteiger partial charge in [-0.05, 0) is 29.7 Å². The summed E-state index contributed by atoms with van der Waals surface area (Å²) in [4.78, 5) is 12.0. The van der Waals surface area contributed by atoms with Crippen LogP contribution in [0.3, 0.4) is 0 Å². The molecule has 22 heavy (non-hydrogen) atoms. The van der Waals surface area contributed by atoms with Gasteiger partial charge in [0, 0.05) is 0 Å². The summed E-state index contributed by atoms with van der Waals surface area (Å²) in [6.45, 7) is 0. The summed E-state index contributed by atoms with van der Waals surface area (Å²) in [5.41, 5.74) is 2.03. The number of allylic oxidation sites excluding steroid dienone is 1. The second-order valence-electron chi connectivity index (χ2n) is 4.90. The minimum absolute atomic E-state index is 0.217. The summed E-state index contributed by atoms with van der Waals surface area (Å²) in [7, 11) is 3.07. The van der Waals surface area contributed by atoms with Gasteiger partial charge in [0.1, 0.15) is 5.75 Å². The molecule has 0 unspecified atom stereocenters. The van der Waals surface area contributed by atoms with Crippen molar-refractivity contribution in [3.63, 3.8) is 0 Å². The highest BCUT2D eigenvalue weighted by atomic mass is 16.5. The Morgan fingerprint density at radius 1 is 1.05 bits per heavy atom. The fraction of sp³-hybridized carbons (Fsp3) is 0.211. The van der Waals surface area contributed by atoms with Crippen molar-refractivity contribution in [2.75, 3.05) is 14.2 Å². The molecule has 1 atom stereocenters. The standard InChI is InChI=1S/C19H20O3/c1-21-17-13-11-15(12-14-17)7-6-10-18(19(20)22-2)16-8-4-3-5-9-16/h3-9,11-14,18H,10H2,1-2H3/b7-6+/t18-/m0/s1. The molecule has 0 N–H and O–H groups in total. The van der Waals surface area contributed by atoms with E-state index >= 15 is 0 Å². The van der Waals surface area contributed by atoms with Gasteiger partial charge in [0.15, 0.2) is 0 Å². The Morgan fingerprint density at radius 2 is 1.73 bits per heavy atom. The number of benzene rings is 2. The molecule has 3 nitrogen and oxygen atoms in total. The van der Waals surface area contributed by atoms with Crippen LogP contribution >= 0.6 is 0 Å². The summed E-state index contributed by atoms with van der Waals surface area (Å²) in [5, 5.41) is 0. The van der Waals surface area contributed by atoms with Crippen LogP contribution in [0.4, 0.5) is 0 Å². The smallest absolute Gasteiger partial charge is 0.313 e. The molecular weight excluding hydrogens is 276 g/mol. The van der Waals surface area contributed by atoms with Crippen LogP contribution in [0, 0.1) is 0 Å². The molecule has 0 fully saturated rings.